The van der Waals surface area contributed by atoms with Crippen molar-refractivity contribution in [2.75, 3.05) is 18.2 Å². The van der Waals surface area contributed by atoms with Gasteiger partial charge in [-0.1, -0.05) is 47.9 Å². The van der Waals surface area contributed by atoms with Gasteiger partial charge in [-0.25, -0.2) is 0 Å². The van der Waals surface area contributed by atoms with E-state index in [0.717, 1.165) is 20.1 Å². The summed E-state index contributed by atoms with van der Waals surface area (Å²) in [6, 6.07) is 7.29. The zero-order valence-corrected chi connectivity index (χ0v) is 15.0. The van der Waals surface area contributed by atoms with Gasteiger partial charge in [0.1, 0.15) is 5.75 Å². The summed E-state index contributed by atoms with van der Waals surface area (Å²) in [7, 11) is 1.60. The minimum Gasteiger partial charge on any atom is -0.497 e. The van der Waals surface area contributed by atoms with Crippen molar-refractivity contribution < 1.29 is 9.53 Å². The highest BCUT2D eigenvalue weighted by Crippen LogP contribution is 2.31. The fourth-order valence-corrected chi connectivity index (χ4v) is 4.64. The van der Waals surface area contributed by atoms with Crippen molar-refractivity contribution in [3.63, 3.8) is 0 Å². The van der Waals surface area contributed by atoms with Crippen molar-refractivity contribution >= 4 is 46.5 Å². The summed E-state index contributed by atoms with van der Waals surface area (Å²) in [6.07, 6.45) is 0. The normalized spacial score (nSPS) is 12.0. The molecule has 0 unspecified atom stereocenters. The van der Waals surface area contributed by atoms with E-state index in [9.17, 15) is 4.79 Å². The number of hydrogen-bond donors (Lipinski definition) is 1. The summed E-state index contributed by atoms with van der Waals surface area (Å²) >= 11 is 4.59. The zero-order valence-electron chi connectivity index (χ0n) is 12.5. The molecule has 5 nitrogen and oxygen atoms in total. The Labute approximate surface area is 142 Å². The number of benzene rings is 1. The lowest BCUT2D eigenvalue weighted by Crippen LogP contribution is -2.22. The van der Waals surface area contributed by atoms with Crippen LogP contribution in [0.3, 0.4) is 0 Å². The monoisotopic (exact) mass is 355 g/mol. The molecule has 0 saturated carbocycles. The van der Waals surface area contributed by atoms with E-state index >= 15 is 0 Å². The molecule has 0 bridgehead atoms. The van der Waals surface area contributed by atoms with Gasteiger partial charge in [0.2, 0.25) is 5.91 Å². The molecule has 0 radical (unpaired) electrons. The van der Waals surface area contributed by atoms with E-state index in [1.807, 2.05) is 25.1 Å². The van der Waals surface area contributed by atoms with Gasteiger partial charge < -0.3 is 10.1 Å². The van der Waals surface area contributed by atoms with Gasteiger partial charge >= 0.3 is 0 Å². The van der Waals surface area contributed by atoms with Gasteiger partial charge in [-0.3, -0.25) is 4.79 Å². The van der Waals surface area contributed by atoms with E-state index in [1.54, 1.807) is 24.9 Å². The molecule has 1 aromatic carbocycles. The molecular formula is C14H17N3O2S3. The number of ether oxygens (including phenoxy) is 1. The minimum absolute atomic E-state index is 0.0712. The van der Waals surface area contributed by atoms with Crippen molar-refractivity contribution in [3.8, 4) is 5.75 Å². The average molecular weight is 356 g/mol. The van der Waals surface area contributed by atoms with Crippen molar-refractivity contribution in [2.45, 2.75) is 27.8 Å². The van der Waals surface area contributed by atoms with Crippen molar-refractivity contribution in [3.05, 3.63) is 24.3 Å². The number of anilines is 1. The molecule has 2 aromatic rings. The third kappa shape index (κ3) is 4.89. The predicted octanol–water partition coefficient (Wildman–Crippen LogP) is 3.78. The number of rotatable bonds is 7. The van der Waals surface area contributed by atoms with Crippen LogP contribution in [0.15, 0.2) is 32.9 Å². The van der Waals surface area contributed by atoms with Crippen LogP contribution in [-0.4, -0.2) is 34.2 Å². The Morgan fingerprint density at radius 1 is 1.41 bits per heavy atom. The molecule has 2 rings (SSSR count). The maximum atomic E-state index is 12.2. The first-order valence-corrected chi connectivity index (χ1v) is 9.38. The number of carbonyl (C=O) groups is 1. The number of amides is 1. The van der Waals surface area contributed by atoms with Gasteiger partial charge in [-0.05, 0) is 24.8 Å². The fraction of sp³-hybridized carbons (Fsp3) is 0.357. The summed E-state index contributed by atoms with van der Waals surface area (Å²) in [5, 5.41) is 10.8. The number of nitrogens with one attached hydrogen (secondary N) is 1. The van der Waals surface area contributed by atoms with Crippen LogP contribution in [0, 0.1) is 0 Å². The molecule has 1 atom stereocenters. The highest BCUT2D eigenvalue weighted by atomic mass is 32.2. The standard InChI is InChI=1S/C14H17N3O2S3/c1-4-20-13-16-17-14(22-13)21-9(2)12(18)15-10-6-5-7-11(8-10)19-3/h5-9H,4H2,1-3H3,(H,15,18)/t9-/m1/s1. The van der Waals surface area contributed by atoms with E-state index in [1.165, 1.54) is 23.1 Å². The first kappa shape index (κ1) is 17.1. The molecule has 0 fully saturated rings. The topological polar surface area (TPSA) is 64.1 Å². The van der Waals surface area contributed by atoms with Crippen LogP contribution in [0.2, 0.25) is 0 Å². The second kappa shape index (κ2) is 8.40. The van der Waals surface area contributed by atoms with E-state index in [2.05, 4.69) is 22.4 Å². The van der Waals surface area contributed by atoms with Crippen LogP contribution in [0.4, 0.5) is 5.69 Å². The Morgan fingerprint density at radius 3 is 2.91 bits per heavy atom. The highest BCUT2D eigenvalue weighted by molar-refractivity contribution is 8.03. The summed E-state index contributed by atoms with van der Waals surface area (Å²) < 4.78 is 6.89. The molecule has 22 heavy (non-hydrogen) atoms. The van der Waals surface area contributed by atoms with Gasteiger partial charge in [0.15, 0.2) is 8.68 Å². The van der Waals surface area contributed by atoms with Crippen LogP contribution in [0.25, 0.3) is 0 Å². The quantitative estimate of drug-likeness (QED) is 0.763. The maximum Gasteiger partial charge on any atom is 0.237 e. The number of carbonyl (C=O) groups excluding carboxylic acids is 1. The Bertz CT molecular complexity index is 633. The van der Waals surface area contributed by atoms with E-state index < -0.39 is 0 Å². The number of hydrogen-bond acceptors (Lipinski definition) is 7. The molecule has 0 aliphatic carbocycles. The molecule has 1 aromatic heterocycles. The Balaban J connectivity index is 1.93. The predicted molar refractivity (Wildman–Crippen MR) is 93.2 cm³/mol. The van der Waals surface area contributed by atoms with Crippen molar-refractivity contribution in [1.82, 2.24) is 10.2 Å². The molecule has 1 N–H and O–H groups in total. The van der Waals surface area contributed by atoms with E-state index in [-0.39, 0.29) is 11.2 Å². The number of thioether (sulfide) groups is 2. The molecule has 0 saturated heterocycles. The largest absolute Gasteiger partial charge is 0.497 e. The zero-order chi connectivity index (χ0) is 15.9. The van der Waals surface area contributed by atoms with Gasteiger partial charge in [0.05, 0.1) is 12.4 Å². The molecule has 1 heterocycles. The summed E-state index contributed by atoms with van der Waals surface area (Å²) in [4.78, 5) is 12.2. The van der Waals surface area contributed by atoms with Gasteiger partial charge in [-0.15, -0.1) is 10.2 Å². The molecule has 8 heteroatoms. The SMILES string of the molecule is CCSc1nnc(S[C@H](C)C(=O)Nc2cccc(OC)c2)s1. The summed E-state index contributed by atoms with van der Waals surface area (Å²) in [6.45, 7) is 3.93. The molecule has 118 valence electrons. The van der Waals surface area contributed by atoms with Crippen LogP contribution < -0.4 is 10.1 Å². The summed E-state index contributed by atoms with van der Waals surface area (Å²) in [5.41, 5.74) is 0.719. The third-order valence-corrected chi connectivity index (χ3v) is 5.76. The molecule has 1 amide bonds. The molecule has 0 aliphatic rings. The fourth-order valence-electron chi connectivity index (χ4n) is 1.58. The lowest BCUT2D eigenvalue weighted by atomic mass is 10.3. The number of aromatic nitrogens is 2. The van der Waals surface area contributed by atoms with Crippen molar-refractivity contribution in [2.24, 2.45) is 0 Å². The summed E-state index contributed by atoms with van der Waals surface area (Å²) in [5.74, 6) is 1.60. The highest BCUT2D eigenvalue weighted by Gasteiger charge is 2.17. The third-order valence-electron chi connectivity index (χ3n) is 2.64. The van der Waals surface area contributed by atoms with Crippen LogP contribution in [0.5, 0.6) is 5.75 Å². The van der Waals surface area contributed by atoms with E-state index in [4.69, 9.17) is 4.74 Å². The Morgan fingerprint density at radius 2 is 2.18 bits per heavy atom. The molecule has 0 spiro atoms. The number of nitrogens with zero attached hydrogens (tertiary/aromatic N) is 2. The smallest absolute Gasteiger partial charge is 0.237 e. The van der Waals surface area contributed by atoms with Crippen LogP contribution in [-0.2, 0) is 4.79 Å². The van der Waals surface area contributed by atoms with Gasteiger partial charge in [-0.2, -0.15) is 0 Å². The number of methoxy groups -OCH3 is 1. The minimum atomic E-state index is -0.251. The maximum absolute atomic E-state index is 12.2. The van der Waals surface area contributed by atoms with Gasteiger partial charge in [0.25, 0.3) is 0 Å². The first-order valence-electron chi connectivity index (χ1n) is 6.70. The lowest BCUT2D eigenvalue weighted by Gasteiger charge is -2.11. The van der Waals surface area contributed by atoms with E-state index in [0.29, 0.717) is 5.75 Å². The van der Waals surface area contributed by atoms with Crippen LogP contribution in [0.1, 0.15) is 13.8 Å². The second-order valence-corrected chi connectivity index (χ2v) is 8.32. The lowest BCUT2D eigenvalue weighted by molar-refractivity contribution is -0.115. The molecular weight excluding hydrogens is 338 g/mol. The Hall–Kier alpha value is -1.25. The molecule has 0 aliphatic heterocycles. The second-order valence-electron chi connectivity index (χ2n) is 4.25. The Kier molecular flexibility index (Phi) is 6.53. The van der Waals surface area contributed by atoms with Crippen molar-refractivity contribution in [1.29, 1.82) is 0 Å². The van der Waals surface area contributed by atoms with Crippen LogP contribution >= 0.6 is 34.9 Å². The average Bonchev–Trinajstić information content (AvgIpc) is 2.95. The van der Waals surface area contributed by atoms with Gasteiger partial charge in [0, 0.05) is 11.8 Å². The first-order chi connectivity index (χ1) is 10.6.